The molecule has 0 spiro atoms. The molecule has 0 radical (unpaired) electrons. The SMILES string of the molecule is CCC(C)C1CN(c2ccc(Br)c(F)c2)C(C(C)C)CN1. The Bertz CT molecular complexity index is 478. The highest BCUT2D eigenvalue weighted by Crippen LogP contribution is 2.28. The van der Waals surface area contributed by atoms with E-state index < -0.39 is 0 Å². The maximum absolute atomic E-state index is 13.9. The van der Waals surface area contributed by atoms with Crippen LogP contribution < -0.4 is 10.2 Å². The van der Waals surface area contributed by atoms with Crippen molar-refractivity contribution in [3.05, 3.63) is 28.5 Å². The van der Waals surface area contributed by atoms with Gasteiger partial charge < -0.3 is 10.2 Å². The van der Waals surface area contributed by atoms with Crippen LogP contribution in [-0.2, 0) is 0 Å². The fraction of sp³-hybridized carbons (Fsp3) is 0.647. The third-order valence-electron chi connectivity index (χ3n) is 4.72. The number of piperazine rings is 1. The van der Waals surface area contributed by atoms with Crippen molar-refractivity contribution in [3.63, 3.8) is 0 Å². The molecule has 1 aromatic carbocycles. The van der Waals surface area contributed by atoms with Crippen LogP contribution >= 0.6 is 15.9 Å². The fourth-order valence-electron chi connectivity index (χ4n) is 3.02. The second-order valence-corrected chi connectivity index (χ2v) is 7.32. The van der Waals surface area contributed by atoms with E-state index in [1.807, 2.05) is 12.1 Å². The lowest BCUT2D eigenvalue weighted by molar-refractivity contribution is 0.281. The molecule has 0 saturated carbocycles. The van der Waals surface area contributed by atoms with Gasteiger partial charge in [0.05, 0.1) is 4.47 Å². The van der Waals surface area contributed by atoms with E-state index in [9.17, 15) is 4.39 Å². The second kappa shape index (κ2) is 7.10. The standard InChI is InChI=1S/C17H26BrFN2/c1-5-12(4)16-10-21(17(9-20-16)11(2)3)13-6-7-14(18)15(19)8-13/h6-8,11-12,16-17,20H,5,9-10H2,1-4H3. The summed E-state index contributed by atoms with van der Waals surface area (Å²) in [4.78, 5) is 2.38. The normalized spacial score (nSPS) is 24.4. The Labute approximate surface area is 136 Å². The Kier molecular flexibility index (Phi) is 5.67. The van der Waals surface area contributed by atoms with E-state index in [2.05, 4.69) is 53.8 Å². The molecule has 1 aliphatic rings. The molecule has 0 bridgehead atoms. The van der Waals surface area contributed by atoms with E-state index in [4.69, 9.17) is 0 Å². The number of nitrogens with one attached hydrogen (secondary N) is 1. The Balaban J connectivity index is 2.26. The average Bonchev–Trinajstić information content (AvgIpc) is 2.48. The zero-order valence-electron chi connectivity index (χ0n) is 13.4. The smallest absolute Gasteiger partial charge is 0.139 e. The monoisotopic (exact) mass is 356 g/mol. The number of benzene rings is 1. The van der Waals surface area contributed by atoms with Crippen molar-refractivity contribution in [2.24, 2.45) is 11.8 Å². The predicted octanol–water partition coefficient (Wildman–Crippen LogP) is 4.44. The Morgan fingerprint density at radius 1 is 1.38 bits per heavy atom. The quantitative estimate of drug-likeness (QED) is 0.857. The van der Waals surface area contributed by atoms with Crippen molar-refractivity contribution in [1.29, 1.82) is 0 Å². The van der Waals surface area contributed by atoms with Crippen molar-refractivity contribution in [2.75, 3.05) is 18.0 Å². The minimum Gasteiger partial charge on any atom is -0.365 e. The third-order valence-corrected chi connectivity index (χ3v) is 5.36. The summed E-state index contributed by atoms with van der Waals surface area (Å²) in [5, 5.41) is 3.68. The molecule has 1 saturated heterocycles. The summed E-state index contributed by atoms with van der Waals surface area (Å²) in [6.07, 6.45) is 1.16. The van der Waals surface area contributed by atoms with Gasteiger partial charge in [-0.05, 0) is 46.0 Å². The molecule has 2 nitrogen and oxygen atoms in total. The molecule has 1 aromatic rings. The van der Waals surface area contributed by atoms with Crippen molar-refractivity contribution >= 4 is 21.6 Å². The summed E-state index contributed by atoms with van der Waals surface area (Å²) in [6, 6.07) is 6.35. The van der Waals surface area contributed by atoms with Gasteiger partial charge in [0.1, 0.15) is 5.82 Å². The molecule has 3 unspecified atom stereocenters. The summed E-state index contributed by atoms with van der Waals surface area (Å²) in [7, 11) is 0. The van der Waals surface area contributed by atoms with E-state index in [1.54, 1.807) is 6.07 Å². The van der Waals surface area contributed by atoms with Gasteiger partial charge in [0.2, 0.25) is 0 Å². The Hall–Kier alpha value is -0.610. The minimum absolute atomic E-state index is 0.186. The maximum atomic E-state index is 13.9. The van der Waals surface area contributed by atoms with Crippen molar-refractivity contribution in [3.8, 4) is 0 Å². The van der Waals surface area contributed by atoms with Crippen molar-refractivity contribution in [1.82, 2.24) is 5.32 Å². The van der Waals surface area contributed by atoms with E-state index in [-0.39, 0.29) is 5.82 Å². The van der Waals surface area contributed by atoms with Gasteiger partial charge in [-0.3, -0.25) is 0 Å². The van der Waals surface area contributed by atoms with Crippen LogP contribution in [0, 0.1) is 17.7 Å². The summed E-state index contributed by atoms with van der Waals surface area (Å²) in [5.41, 5.74) is 0.990. The van der Waals surface area contributed by atoms with Gasteiger partial charge in [0.15, 0.2) is 0 Å². The van der Waals surface area contributed by atoms with Crippen LogP contribution in [-0.4, -0.2) is 25.2 Å². The summed E-state index contributed by atoms with van der Waals surface area (Å²) in [6.45, 7) is 10.9. The molecule has 21 heavy (non-hydrogen) atoms. The van der Waals surface area contributed by atoms with Crippen LogP contribution in [0.1, 0.15) is 34.1 Å². The lowest BCUT2D eigenvalue weighted by Crippen LogP contribution is -2.60. The molecule has 3 atom stereocenters. The van der Waals surface area contributed by atoms with Crippen LogP contribution in [0.15, 0.2) is 22.7 Å². The molecule has 0 amide bonds. The summed E-state index contributed by atoms with van der Waals surface area (Å²) in [5.74, 6) is 0.969. The molecule has 118 valence electrons. The maximum Gasteiger partial charge on any atom is 0.139 e. The van der Waals surface area contributed by atoms with Gasteiger partial charge in [-0.25, -0.2) is 4.39 Å². The number of anilines is 1. The highest BCUT2D eigenvalue weighted by molar-refractivity contribution is 9.10. The molecular formula is C17H26BrFN2. The van der Waals surface area contributed by atoms with Crippen LogP contribution in [0.4, 0.5) is 10.1 Å². The van der Waals surface area contributed by atoms with E-state index in [0.717, 1.165) is 25.2 Å². The number of rotatable bonds is 4. The van der Waals surface area contributed by atoms with Crippen LogP contribution in [0.2, 0.25) is 0 Å². The molecule has 2 rings (SSSR count). The zero-order chi connectivity index (χ0) is 15.6. The highest BCUT2D eigenvalue weighted by atomic mass is 79.9. The predicted molar refractivity (Wildman–Crippen MR) is 91.3 cm³/mol. The number of nitrogens with zero attached hydrogens (tertiary/aromatic N) is 1. The lowest BCUT2D eigenvalue weighted by atomic mass is 9.91. The minimum atomic E-state index is -0.186. The fourth-order valence-corrected chi connectivity index (χ4v) is 3.26. The van der Waals surface area contributed by atoms with Crippen molar-refractivity contribution < 1.29 is 4.39 Å². The van der Waals surface area contributed by atoms with E-state index >= 15 is 0 Å². The molecular weight excluding hydrogens is 331 g/mol. The van der Waals surface area contributed by atoms with Crippen LogP contribution in [0.5, 0.6) is 0 Å². The zero-order valence-corrected chi connectivity index (χ0v) is 15.0. The highest BCUT2D eigenvalue weighted by Gasteiger charge is 2.32. The number of hydrogen-bond acceptors (Lipinski definition) is 2. The first kappa shape index (κ1) is 16.8. The Morgan fingerprint density at radius 2 is 2.10 bits per heavy atom. The van der Waals surface area contributed by atoms with Crippen LogP contribution in [0.25, 0.3) is 0 Å². The van der Waals surface area contributed by atoms with Gasteiger partial charge in [-0.2, -0.15) is 0 Å². The first-order chi connectivity index (χ1) is 9.93. The topological polar surface area (TPSA) is 15.3 Å². The van der Waals surface area contributed by atoms with Gasteiger partial charge >= 0.3 is 0 Å². The van der Waals surface area contributed by atoms with Gasteiger partial charge in [-0.15, -0.1) is 0 Å². The van der Waals surface area contributed by atoms with Gasteiger partial charge in [-0.1, -0.05) is 34.1 Å². The molecule has 0 aliphatic carbocycles. The Morgan fingerprint density at radius 3 is 2.67 bits per heavy atom. The molecule has 1 aliphatic heterocycles. The van der Waals surface area contributed by atoms with E-state index in [1.165, 1.54) is 0 Å². The summed E-state index contributed by atoms with van der Waals surface area (Å²) >= 11 is 3.24. The number of halogens is 2. The molecule has 1 fully saturated rings. The summed E-state index contributed by atoms with van der Waals surface area (Å²) < 4.78 is 14.4. The molecule has 1 heterocycles. The largest absolute Gasteiger partial charge is 0.365 e. The van der Waals surface area contributed by atoms with Crippen molar-refractivity contribution in [2.45, 2.75) is 46.2 Å². The third kappa shape index (κ3) is 3.78. The molecule has 4 heteroatoms. The first-order valence-corrected chi connectivity index (χ1v) is 8.68. The first-order valence-electron chi connectivity index (χ1n) is 7.89. The van der Waals surface area contributed by atoms with Gasteiger partial charge in [0.25, 0.3) is 0 Å². The average molecular weight is 357 g/mol. The van der Waals surface area contributed by atoms with Crippen LogP contribution in [0.3, 0.4) is 0 Å². The molecule has 0 aromatic heterocycles. The second-order valence-electron chi connectivity index (χ2n) is 6.46. The van der Waals surface area contributed by atoms with Gasteiger partial charge in [0, 0.05) is 30.9 Å². The molecule has 1 N–H and O–H groups in total. The lowest BCUT2D eigenvalue weighted by Gasteiger charge is -2.45. The van der Waals surface area contributed by atoms with E-state index in [0.29, 0.717) is 28.4 Å². The number of hydrogen-bond donors (Lipinski definition) is 1.